The second-order valence-electron chi connectivity index (χ2n) is 18.3. The van der Waals surface area contributed by atoms with E-state index in [1.54, 1.807) is 0 Å². The average molecular weight is 1170 g/mol. The quantitative estimate of drug-likeness (QED) is 0.0410. The summed E-state index contributed by atoms with van der Waals surface area (Å²) in [6.07, 6.45) is -4.20. The number of aromatic hydroxyl groups is 4. The molecule has 0 amide bonds. The summed E-state index contributed by atoms with van der Waals surface area (Å²) in [4.78, 5) is 86.0. The molecule has 25 nitrogen and oxygen atoms in total. The number of ether oxygens (including phenoxy) is 14. The number of fused-ring (bicyclic) bond motifs is 2. The first-order valence-corrected chi connectivity index (χ1v) is 25.0. The van der Waals surface area contributed by atoms with Gasteiger partial charge in [0.05, 0.1) is 46.7 Å². The molecule has 84 heavy (non-hydrogen) atoms. The molecule has 0 aliphatic carbocycles. The van der Waals surface area contributed by atoms with Crippen molar-refractivity contribution in [2.24, 2.45) is 0 Å². The molecule has 442 valence electrons. The van der Waals surface area contributed by atoms with E-state index in [0.29, 0.717) is 28.0 Å². The summed E-state index contributed by atoms with van der Waals surface area (Å²) in [5.74, 6) is -5.18. The Morgan fingerprint density at radius 1 is 0.405 bits per heavy atom. The van der Waals surface area contributed by atoms with Crippen molar-refractivity contribution in [3.8, 4) is 92.0 Å². The number of hydrogen-bond acceptors (Lipinski definition) is 25. The number of hydrogen-bond donors (Lipinski definition) is 4. The van der Waals surface area contributed by atoms with Crippen LogP contribution in [0.25, 0.3) is 0 Å². The summed E-state index contributed by atoms with van der Waals surface area (Å²) in [6, 6.07) is 19.0. The molecule has 25 heteroatoms. The van der Waals surface area contributed by atoms with E-state index in [9.17, 15) is 54.0 Å². The maximum atomic E-state index is 13.7. The molecule has 0 bridgehead atoms. The lowest BCUT2D eigenvalue weighted by Crippen LogP contribution is -2.35. The first kappa shape index (κ1) is 61.0. The fourth-order valence-electron chi connectivity index (χ4n) is 8.86. The molecule has 0 radical (unpaired) electrons. The normalized spacial score (nSPS) is 15.4. The van der Waals surface area contributed by atoms with E-state index in [-0.39, 0.29) is 110 Å². The van der Waals surface area contributed by atoms with Gasteiger partial charge in [0.25, 0.3) is 0 Å². The second kappa shape index (κ2) is 26.3. The Labute approximate surface area is 478 Å². The lowest BCUT2D eigenvalue weighted by Gasteiger charge is -2.34. The Morgan fingerprint density at radius 2 is 0.857 bits per heavy atom. The van der Waals surface area contributed by atoms with Gasteiger partial charge in [-0.25, -0.2) is 9.59 Å². The molecule has 6 aromatic rings. The van der Waals surface area contributed by atoms with Gasteiger partial charge in [-0.05, 0) is 48.5 Å². The Kier molecular flexibility index (Phi) is 19.1. The fourth-order valence-corrected chi connectivity index (χ4v) is 8.86. The van der Waals surface area contributed by atoms with Gasteiger partial charge in [-0.1, -0.05) is 12.1 Å². The molecule has 0 saturated carbocycles. The minimum atomic E-state index is -1.15. The highest BCUT2D eigenvalue weighted by molar-refractivity contribution is 5.92. The largest absolute Gasteiger partial charge is 0.508 e. The van der Waals surface area contributed by atoms with Crippen LogP contribution >= 0.6 is 0 Å². The Morgan fingerprint density at radius 3 is 1.35 bits per heavy atom. The summed E-state index contributed by atoms with van der Waals surface area (Å²) < 4.78 is 77.0. The number of carbonyl (C=O) groups is 7. The van der Waals surface area contributed by atoms with Gasteiger partial charge in [-0.2, -0.15) is 0 Å². The van der Waals surface area contributed by atoms with Crippen LogP contribution in [0.3, 0.4) is 0 Å². The third kappa shape index (κ3) is 14.3. The Hall–Kier alpha value is -10.6. The van der Waals surface area contributed by atoms with Crippen LogP contribution in [-0.4, -0.2) is 110 Å². The third-order valence-corrected chi connectivity index (χ3v) is 12.3. The van der Waals surface area contributed by atoms with Crippen molar-refractivity contribution in [3.05, 3.63) is 118 Å². The van der Waals surface area contributed by atoms with Crippen LogP contribution in [0.5, 0.6) is 92.0 Å². The summed E-state index contributed by atoms with van der Waals surface area (Å²) >= 11 is 0. The summed E-state index contributed by atoms with van der Waals surface area (Å²) in [7, 11) is 6.89. The zero-order chi connectivity index (χ0) is 61.3. The summed E-state index contributed by atoms with van der Waals surface area (Å²) in [5.41, 5.74) is 1.42. The fraction of sp³-hybridized carbons (Fsp3) is 0.271. The molecule has 2 aliphatic heterocycles. The van der Waals surface area contributed by atoms with Gasteiger partial charge < -0.3 is 86.7 Å². The van der Waals surface area contributed by atoms with E-state index in [1.165, 1.54) is 142 Å². The number of phenols is 4. The Balaban J connectivity index is 0.000000254. The number of carbonyl (C=O) groups excluding carboxylic acids is 7. The lowest BCUT2D eigenvalue weighted by molar-refractivity contribution is -0.134. The standard InChI is InChI=1S/C34H32O15.C25H24O10/c1-16(35)43-23-13-26(45-18(3)37)24-15-31(49-34(40)22-11-29(41-6)33(47-20(5)39)30(12-22)42-7)32(48-27(24)14-23)21-8-9-25(44-17(2)36)28(10-21)46-19(4)38;1-31-20-7-13(8-21(32-2)24(20)33-3)25(30)35-22-11-15-17(28)9-14(26)10-19(15)34-23(22)12-4-5-16(27)18(29)6-12/h8-14,31-32H,15H2,1-7H3;4-10,22-23,26-29H,11H2,1-3H3/t31-,32+;22-,23+/m00/s1. The smallest absolute Gasteiger partial charge is 0.338 e. The summed E-state index contributed by atoms with van der Waals surface area (Å²) in [6.45, 7) is 5.88. The van der Waals surface area contributed by atoms with Crippen LogP contribution in [0.15, 0.2) is 84.9 Å². The van der Waals surface area contributed by atoms with Crippen LogP contribution in [0.4, 0.5) is 0 Å². The SMILES string of the molecule is COc1cc(C(=O)O[C@H]2Cc3c(O)cc(O)cc3O[C@@H]2c2ccc(O)c(O)c2)cc(OC)c1OC.COc1cc(C(=O)O[C@H]2Cc3c(OC(C)=O)cc(OC(C)=O)cc3O[C@@H]2c2ccc(OC(C)=O)c(OC(C)=O)c2)cc(OC)c1OC(C)=O. The van der Waals surface area contributed by atoms with Crippen LogP contribution in [0.2, 0.25) is 0 Å². The van der Waals surface area contributed by atoms with Crippen molar-refractivity contribution >= 4 is 41.8 Å². The number of methoxy groups -OCH3 is 5. The first-order valence-electron chi connectivity index (χ1n) is 25.0. The highest BCUT2D eigenvalue weighted by Crippen LogP contribution is 2.48. The zero-order valence-corrected chi connectivity index (χ0v) is 46.7. The maximum Gasteiger partial charge on any atom is 0.338 e. The summed E-state index contributed by atoms with van der Waals surface area (Å²) in [5, 5.41) is 39.9. The van der Waals surface area contributed by atoms with Crippen molar-refractivity contribution in [1.29, 1.82) is 0 Å². The van der Waals surface area contributed by atoms with Gasteiger partial charge in [0.2, 0.25) is 11.5 Å². The van der Waals surface area contributed by atoms with Crippen LogP contribution < -0.4 is 56.8 Å². The lowest BCUT2D eigenvalue weighted by atomic mass is 9.93. The van der Waals surface area contributed by atoms with Crippen molar-refractivity contribution in [2.45, 2.75) is 71.9 Å². The van der Waals surface area contributed by atoms with E-state index >= 15 is 0 Å². The van der Waals surface area contributed by atoms with E-state index in [1.807, 2.05) is 0 Å². The molecule has 6 aromatic carbocycles. The van der Waals surface area contributed by atoms with Crippen LogP contribution in [0.1, 0.15) is 89.8 Å². The van der Waals surface area contributed by atoms with Gasteiger partial charge in [-0.15, -0.1) is 0 Å². The van der Waals surface area contributed by atoms with Gasteiger partial charge in [-0.3, -0.25) is 24.0 Å². The minimum Gasteiger partial charge on any atom is -0.508 e. The van der Waals surface area contributed by atoms with Crippen molar-refractivity contribution in [1.82, 2.24) is 0 Å². The predicted octanol–water partition coefficient (Wildman–Crippen LogP) is 7.67. The molecule has 4 atom stereocenters. The maximum absolute atomic E-state index is 13.7. The minimum absolute atomic E-state index is 0.00511. The topological polar surface area (TPSA) is 330 Å². The second-order valence-corrected chi connectivity index (χ2v) is 18.3. The van der Waals surface area contributed by atoms with Crippen molar-refractivity contribution < 1.29 is 120 Å². The molecular formula is C59H56O25. The van der Waals surface area contributed by atoms with E-state index < -0.39 is 66.2 Å². The molecule has 2 aliphatic rings. The van der Waals surface area contributed by atoms with Crippen molar-refractivity contribution in [2.75, 3.05) is 35.5 Å². The van der Waals surface area contributed by atoms with Crippen molar-refractivity contribution in [3.63, 3.8) is 0 Å². The first-order chi connectivity index (χ1) is 39.9. The predicted molar refractivity (Wildman–Crippen MR) is 287 cm³/mol. The van der Waals surface area contributed by atoms with E-state index in [0.717, 1.165) is 13.0 Å². The molecular weight excluding hydrogens is 1110 g/mol. The molecule has 0 spiro atoms. The third-order valence-electron chi connectivity index (χ3n) is 12.3. The zero-order valence-electron chi connectivity index (χ0n) is 46.7. The van der Waals surface area contributed by atoms with E-state index in [4.69, 9.17) is 66.3 Å². The Bertz CT molecular complexity index is 3500. The highest BCUT2D eigenvalue weighted by Gasteiger charge is 2.40. The molecule has 4 N–H and O–H groups in total. The number of phenolic OH excluding ortho intramolecular Hbond substituents is 4. The number of benzene rings is 6. The van der Waals surface area contributed by atoms with Crippen LogP contribution in [0, 0.1) is 0 Å². The molecule has 8 rings (SSSR count). The van der Waals surface area contributed by atoms with Crippen LogP contribution in [-0.2, 0) is 46.3 Å². The number of rotatable bonds is 16. The highest BCUT2D eigenvalue weighted by atomic mass is 16.6. The molecule has 0 aromatic heterocycles. The molecule has 0 fully saturated rings. The molecule has 0 saturated heterocycles. The van der Waals surface area contributed by atoms with Gasteiger partial charge in [0.1, 0.15) is 46.7 Å². The van der Waals surface area contributed by atoms with Gasteiger partial charge >= 0.3 is 41.8 Å². The van der Waals surface area contributed by atoms with Gasteiger partial charge in [0.15, 0.2) is 58.2 Å². The number of esters is 7. The molecule has 2 heterocycles. The van der Waals surface area contributed by atoms with Gasteiger partial charge in [0, 0.05) is 94.0 Å². The average Bonchev–Trinajstić information content (AvgIpc) is 1.83. The molecule has 0 unspecified atom stereocenters. The monoisotopic (exact) mass is 1160 g/mol. The van der Waals surface area contributed by atoms with E-state index in [2.05, 4.69) is 0 Å².